The summed E-state index contributed by atoms with van der Waals surface area (Å²) < 4.78 is 5.24. The molecule has 2 fully saturated rings. The van der Waals surface area contributed by atoms with Crippen molar-refractivity contribution < 1.29 is 14.6 Å². The maximum atomic E-state index is 10.4. The predicted molar refractivity (Wildman–Crippen MR) is 33.6 cm³/mol. The van der Waals surface area contributed by atoms with Crippen LogP contribution in [0.15, 0.2) is 0 Å². The Morgan fingerprint density at radius 2 is 2.40 bits per heavy atom. The second-order valence-corrected chi connectivity index (χ2v) is 3.01. The zero-order valence-electron chi connectivity index (χ0n) is 5.62. The van der Waals surface area contributed by atoms with Crippen LogP contribution in [0.3, 0.4) is 0 Å². The molecule has 10 heavy (non-hydrogen) atoms. The molecule has 3 nitrogen and oxygen atoms in total. The molecular formula is C7H10O3. The molecule has 2 rings (SSSR count). The molecule has 1 N–H and O–H groups in total. The number of ether oxygens (including phenoxy) is 1. The van der Waals surface area contributed by atoms with E-state index in [0.717, 1.165) is 19.4 Å². The number of carboxylic acids is 1. The molecule has 0 aromatic carbocycles. The second kappa shape index (κ2) is 1.95. The summed E-state index contributed by atoms with van der Waals surface area (Å²) in [5, 5.41) is 8.60. The SMILES string of the molecule is O=C(O)[C@@H]1[C@@H]2CCCO[C@@H]21. The first kappa shape index (κ1) is 6.16. The van der Waals surface area contributed by atoms with Gasteiger partial charge in [0, 0.05) is 12.5 Å². The van der Waals surface area contributed by atoms with E-state index in [0.29, 0.717) is 5.92 Å². The van der Waals surface area contributed by atoms with Crippen molar-refractivity contribution in [3.63, 3.8) is 0 Å². The van der Waals surface area contributed by atoms with E-state index in [1.807, 2.05) is 0 Å². The number of rotatable bonds is 1. The molecule has 1 aliphatic carbocycles. The molecule has 3 atom stereocenters. The second-order valence-electron chi connectivity index (χ2n) is 3.01. The summed E-state index contributed by atoms with van der Waals surface area (Å²) in [7, 11) is 0. The Bertz CT molecular complexity index is 154. The molecular weight excluding hydrogens is 132 g/mol. The van der Waals surface area contributed by atoms with Gasteiger partial charge >= 0.3 is 5.97 Å². The summed E-state index contributed by atoms with van der Waals surface area (Å²) in [6.07, 6.45) is 2.14. The van der Waals surface area contributed by atoms with Crippen molar-refractivity contribution in [2.75, 3.05) is 6.61 Å². The third kappa shape index (κ3) is 0.736. The lowest BCUT2D eigenvalue weighted by molar-refractivity contribution is -0.139. The molecule has 2 aliphatic rings. The van der Waals surface area contributed by atoms with Gasteiger partial charge in [0.25, 0.3) is 0 Å². The minimum Gasteiger partial charge on any atom is -0.481 e. The lowest BCUT2D eigenvalue weighted by atomic mass is 10.2. The van der Waals surface area contributed by atoms with Crippen LogP contribution >= 0.6 is 0 Å². The Labute approximate surface area is 59.0 Å². The fourth-order valence-electron chi connectivity index (χ4n) is 1.78. The van der Waals surface area contributed by atoms with Gasteiger partial charge in [0.05, 0.1) is 12.0 Å². The first-order valence-electron chi connectivity index (χ1n) is 3.65. The van der Waals surface area contributed by atoms with E-state index in [4.69, 9.17) is 9.84 Å². The van der Waals surface area contributed by atoms with E-state index in [1.165, 1.54) is 0 Å². The number of aliphatic carboxylic acids is 1. The van der Waals surface area contributed by atoms with Crippen LogP contribution in [0.5, 0.6) is 0 Å². The number of carboxylic acid groups (broad SMARTS) is 1. The lowest BCUT2D eigenvalue weighted by Gasteiger charge is -2.07. The van der Waals surface area contributed by atoms with E-state index in [2.05, 4.69) is 0 Å². The van der Waals surface area contributed by atoms with Crippen molar-refractivity contribution in [2.24, 2.45) is 11.8 Å². The third-order valence-electron chi connectivity index (χ3n) is 2.37. The Morgan fingerprint density at radius 1 is 1.60 bits per heavy atom. The molecule has 0 spiro atoms. The van der Waals surface area contributed by atoms with Gasteiger partial charge in [-0.2, -0.15) is 0 Å². The minimum atomic E-state index is -0.683. The van der Waals surface area contributed by atoms with E-state index in [1.54, 1.807) is 0 Å². The fourth-order valence-corrected chi connectivity index (χ4v) is 1.78. The van der Waals surface area contributed by atoms with Crippen LogP contribution in [0.1, 0.15) is 12.8 Å². The van der Waals surface area contributed by atoms with E-state index >= 15 is 0 Å². The van der Waals surface area contributed by atoms with Crippen LogP contribution in [-0.2, 0) is 9.53 Å². The van der Waals surface area contributed by atoms with Crippen LogP contribution in [0, 0.1) is 11.8 Å². The molecule has 0 unspecified atom stereocenters. The molecule has 1 saturated carbocycles. The standard InChI is InChI=1S/C7H10O3/c8-7(9)5-4-2-1-3-10-6(4)5/h4-6H,1-3H2,(H,8,9)/t4-,5+,6-/m0/s1. The van der Waals surface area contributed by atoms with Crippen LogP contribution in [0.2, 0.25) is 0 Å². The Balaban J connectivity index is 1.99. The van der Waals surface area contributed by atoms with E-state index in [-0.39, 0.29) is 12.0 Å². The average molecular weight is 142 g/mol. The number of carbonyl (C=O) groups is 1. The molecule has 1 saturated heterocycles. The van der Waals surface area contributed by atoms with E-state index in [9.17, 15) is 4.79 Å². The van der Waals surface area contributed by atoms with Crippen LogP contribution < -0.4 is 0 Å². The lowest BCUT2D eigenvalue weighted by Crippen LogP contribution is -2.07. The van der Waals surface area contributed by atoms with Gasteiger partial charge in [-0.25, -0.2) is 0 Å². The first-order valence-corrected chi connectivity index (χ1v) is 3.65. The summed E-state index contributed by atoms with van der Waals surface area (Å²) in [6, 6.07) is 0. The smallest absolute Gasteiger partial charge is 0.309 e. The van der Waals surface area contributed by atoms with Crippen LogP contribution in [0.25, 0.3) is 0 Å². The van der Waals surface area contributed by atoms with Gasteiger partial charge in [0.1, 0.15) is 0 Å². The van der Waals surface area contributed by atoms with Crippen molar-refractivity contribution in [1.29, 1.82) is 0 Å². The van der Waals surface area contributed by atoms with Crippen molar-refractivity contribution in [3.8, 4) is 0 Å². The molecule has 1 heterocycles. The molecule has 3 heteroatoms. The highest BCUT2D eigenvalue weighted by Crippen LogP contribution is 2.47. The maximum Gasteiger partial charge on any atom is 0.309 e. The molecule has 0 aromatic rings. The van der Waals surface area contributed by atoms with Crippen LogP contribution in [0.4, 0.5) is 0 Å². The van der Waals surface area contributed by atoms with Gasteiger partial charge in [-0.3, -0.25) is 4.79 Å². The molecule has 0 aromatic heterocycles. The molecule has 0 bridgehead atoms. The van der Waals surface area contributed by atoms with Crippen molar-refractivity contribution >= 4 is 5.97 Å². The Morgan fingerprint density at radius 3 is 2.90 bits per heavy atom. The quantitative estimate of drug-likeness (QED) is 0.579. The molecule has 0 amide bonds. The average Bonchev–Trinajstić information content (AvgIpc) is 2.60. The zero-order valence-corrected chi connectivity index (χ0v) is 5.62. The van der Waals surface area contributed by atoms with E-state index < -0.39 is 5.97 Å². The summed E-state index contributed by atoms with van der Waals surface area (Å²) in [6.45, 7) is 0.755. The van der Waals surface area contributed by atoms with Crippen molar-refractivity contribution in [3.05, 3.63) is 0 Å². The van der Waals surface area contributed by atoms with Gasteiger partial charge in [-0.05, 0) is 12.8 Å². The highest BCUT2D eigenvalue weighted by atomic mass is 16.5. The molecule has 56 valence electrons. The normalized spacial score (nSPS) is 44.2. The van der Waals surface area contributed by atoms with Gasteiger partial charge < -0.3 is 9.84 Å². The molecule has 1 aliphatic heterocycles. The van der Waals surface area contributed by atoms with Gasteiger partial charge in [-0.15, -0.1) is 0 Å². The Hall–Kier alpha value is -0.570. The third-order valence-corrected chi connectivity index (χ3v) is 2.37. The highest BCUT2D eigenvalue weighted by molar-refractivity contribution is 5.75. The minimum absolute atomic E-state index is 0.0613. The van der Waals surface area contributed by atoms with Gasteiger partial charge in [0.15, 0.2) is 0 Å². The zero-order chi connectivity index (χ0) is 7.14. The van der Waals surface area contributed by atoms with Crippen molar-refractivity contribution in [1.82, 2.24) is 0 Å². The topological polar surface area (TPSA) is 46.5 Å². The highest BCUT2D eigenvalue weighted by Gasteiger charge is 2.57. The summed E-state index contributed by atoms with van der Waals surface area (Å²) in [5.74, 6) is -0.523. The summed E-state index contributed by atoms with van der Waals surface area (Å²) >= 11 is 0. The maximum absolute atomic E-state index is 10.4. The number of fused-ring (bicyclic) bond motifs is 1. The fraction of sp³-hybridized carbons (Fsp3) is 0.857. The monoisotopic (exact) mass is 142 g/mol. The van der Waals surface area contributed by atoms with Crippen molar-refractivity contribution in [2.45, 2.75) is 18.9 Å². The Kier molecular flexibility index (Phi) is 1.20. The van der Waals surface area contributed by atoms with Crippen LogP contribution in [-0.4, -0.2) is 23.8 Å². The largest absolute Gasteiger partial charge is 0.481 e. The predicted octanol–water partition coefficient (Wildman–Crippen LogP) is 0.496. The molecule has 0 radical (unpaired) electrons. The first-order chi connectivity index (χ1) is 4.80. The number of hydrogen-bond donors (Lipinski definition) is 1. The summed E-state index contributed by atoms with van der Waals surface area (Å²) in [5.41, 5.74) is 0. The summed E-state index contributed by atoms with van der Waals surface area (Å²) in [4.78, 5) is 10.4. The van der Waals surface area contributed by atoms with Gasteiger partial charge in [0.2, 0.25) is 0 Å². The van der Waals surface area contributed by atoms with Gasteiger partial charge in [-0.1, -0.05) is 0 Å². The number of hydrogen-bond acceptors (Lipinski definition) is 2.